The topological polar surface area (TPSA) is 17.8 Å². The smallest absolute Gasteiger partial charge is 0.242 e. The van der Waals surface area contributed by atoms with E-state index in [2.05, 4.69) is 234 Å². The quantitative estimate of drug-likeness (QED) is 0.146. The van der Waals surface area contributed by atoms with Crippen molar-refractivity contribution < 1.29 is 0 Å². The Balaban J connectivity index is 1.22. The summed E-state index contributed by atoms with van der Waals surface area (Å²) < 4.78 is 2.42. The molecule has 10 aromatic carbocycles. The first kappa shape index (κ1) is 39.4. The summed E-state index contributed by atoms with van der Waals surface area (Å²) in [6, 6.07) is 69.5. The average Bonchev–Trinajstić information content (AvgIpc) is 3.69. The second-order valence-corrected chi connectivity index (χ2v) is 17.9. The van der Waals surface area contributed by atoms with Crippen LogP contribution in [0.4, 0.5) is 0 Å². The lowest BCUT2D eigenvalue weighted by atomic mass is 9.34. The number of benzene rings is 10. The summed E-state index contributed by atoms with van der Waals surface area (Å²) in [6.07, 6.45) is 0. The molecule has 0 N–H and O–H groups in total. The molecule has 0 unspecified atom stereocenters. The molecule has 306 valence electrons. The molecule has 2 nitrogen and oxygen atoms in total. The molecular weight excluding hydrogens is 771 g/mol. The summed E-state index contributed by atoms with van der Waals surface area (Å²) in [6.45, 7) is 13.6. The summed E-state index contributed by atoms with van der Waals surface area (Å²) in [5.74, 6) is 0.911. The number of rotatable bonds is 7. The lowest BCUT2D eigenvalue weighted by molar-refractivity contribution is 1.10. The number of para-hydroxylation sites is 1. The van der Waals surface area contributed by atoms with Crippen LogP contribution in [0.5, 0.6) is 0 Å². The zero-order valence-electron chi connectivity index (χ0n) is 37.4. The van der Waals surface area contributed by atoms with Gasteiger partial charge in [-0.3, -0.25) is 4.57 Å². The number of fused-ring (bicyclic) bond motifs is 4. The van der Waals surface area contributed by atoms with Crippen LogP contribution >= 0.6 is 0 Å². The van der Waals surface area contributed by atoms with Gasteiger partial charge in [-0.05, 0) is 109 Å². The maximum absolute atomic E-state index is 5.84. The van der Waals surface area contributed by atoms with Gasteiger partial charge in [0.05, 0.1) is 11.0 Å². The minimum atomic E-state index is 0.0764. The molecule has 0 spiro atoms. The summed E-state index contributed by atoms with van der Waals surface area (Å²) >= 11 is 0. The molecule has 11 aromatic rings. The zero-order valence-corrected chi connectivity index (χ0v) is 37.4. The Morgan fingerprint density at radius 1 is 0.391 bits per heavy atom. The molecule has 0 saturated heterocycles. The van der Waals surface area contributed by atoms with Crippen molar-refractivity contribution in [1.29, 1.82) is 0 Å². The minimum Gasteiger partial charge on any atom is -0.292 e. The van der Waals surface area contributed by atoms with E-state index in [0.29, 0.717) is 0 Å². The van der Waals surface area contributed by atoms with Crippen molar-refractivity contribution >= 4 is 66.5 Å². The molecule has 0 saturated carbocycles. The maximum atomic E-state index is 5.84. The number of aromatic nitrogens is 2. The summed E-state index contributed by atoms with van der Waals surface area (Å²) in [7, 11) is 0. The third kappa shape index (κ3) is 6.62. The molecule has 0 bridgehead atoms. The second-order valence-electron chi connectivity index (χ2n) is 17.9. The van der Waals surface area contributed by atoms with Gasteiger partial charge in [0, 0.05) is 22.4 Å². The Hall–Kier alpha value is -7.49. The van der Waals surface area contributed by atoms with Gasteiger partial charge in [-0.2, -0.15) is 0 Å². The van der Waals surface area contributed by atoms with Crippen LogP contribution in [0.2, 0.25) is 0 Å². The summed E-state index contributed by atoms with van der Waals surface area (Å²) in [5.41, 5.74) is 20.8. The van der Waals surface area contributed by atoms with Gasteiger partial charge < -0.3 is 0 Å². The number of hydrogen-bond acceptors (Lipinski definition) is 1. The Bertz CT molecular complexity index is 3510. The van der Waals surface area contributed by atoms with E-state index >= 15 is 0 Å². The van der Waals surface area contributed by atoms with E-state index in [9.17, 15) is 0 Å². The molecule has 1 heterocycles. The van der Waals surface area contributed by atoms with E-state index in [1.54, 1.807) is 0 Å². The second kappa shape index (κ2) is 15.7. The van der Waals surface area contributed by atoms with Crippen molar-refractivity contribution in [2.75, 3.05) is 0 Å². The van der Waals surface area contributed by atoms with Crippen LogP contribution in [0.3, 0.4) is 0 Å². The number of imidazole rings is 1. The van der Waals surface area contributed by atoms with E-state index in [4.69, 9.17) is 4.98 Å². The lowest BCUT2D eigenvalue weighted by Gasteiger charge is -2.24. The van der Waals surface area contributed by atoms with Gasteiger partial charge in [-0.1, -0.05) is 214 Å². The SMILES string of the molecule is Cc1cc(C)c(B(c2ccc(-c3nc4c(-c5ccc6ccccc6c5)c5ccccc5c(-c5ccc6ccccc6c5)c4n3-c3ccccc3)cc2)c2c(C)cc(C)cc2C)c(C)c1. The molecule has 0 atom stereocenters. The highest BCUT2D eigenvalue weighted by Crippen LogP contribution is 2.46. The molecule has 0 aliphatic rings. The molecular formula is C61H49BN2. The van der Waals surface area contributed by atoms with Crippen LogP contribution in [-0.2, 0) is 0 Å². The number of nitrogens with zero attached hydrogens (tertiary/aromatic N) is 2. The molecule has 3 heteroatoms. The van der Waals surface area contributed by atoms with Gasteiger partial charge in [-0.25, -0.2) is 4.98 Å². The maximum Gasteiger partial charge on any atom is 0.242 e. The highest BCUT2D eigenvalue weighted by atomic mass is 15.1. The van der Waals surface area contributed by atoms with Crippen molar-refractivity contribution in [2.24, 2.45) is 0 Å². The molecule has 64 heavy (non-hydrogen) atoms. The summed E-state index contributed by atoms with van der Waals surface area (Å²) in [4.78, 5) is 5.84. The van der Waals surface area contributed by atoms with Crippen LogP contribution in [0.25, 0.3) is 82.7 Å². The first-order valence-corrected chi connectivity index (χ1v) is 22.5. The van der Waals surface area contributed by atoms with E-state index in [-0.39, 0.29) is 6.71 Å². The number of hydrogen-bond donors (Lipinski definition) is 0. The van der Waals surface area contributed by atoms with Gasteiger partial charge in [0.15, 0.2) is 0 Å². The fraction of sp³-hybridized carbons (Fsp3) is 0.0984. The van der Waals surface area contributed by atoms with Crippen molar-refractivity contribution in [3.63, 3.8) is 0 Å². The van der Waals surface area contributed by atoms with Crippen molar-refractivity contribution in [2.45, 2.75) is 41.5 Å². The standard InChI is InChI=1S/C61H49BN2/c1-38-32-40(3)57(41(4)33-38)62(58-42(5)34-39(2)35-43(58)6)51-30-28-46(29-31-51)61-63-59-55(49-26-24-44-16-10-12-18-47(44)36-49)53-22-14-15-23-54(53)56(60(59)64(61)52-20-8-7-9-21-52)50-27-25-45-17-11-13-19-48(45)37-50/h7-37H,1-6H3. The number of aryl methyl sites for hydroxylation is 6. The lowest BCUT2D eigenvalue weighted by Crippen LogP contribution is -2.55. The third-order valence-corrected chi connectivity index (χ3v) is 13.5. The van der Waals surface area contributed by atoms with Gasteiger partial charge in [0.2, 0.25) is 6.71 Å². The molecule has 0 aliphatic heterocycles. The zero-order chi connectivity index (χ0) is 43.6. The van der Waals surface area contributed by atoms with E-state index < -0.39 is 0 Å². The monoisotopic (exact) mass is 820 g/mol. The fourth-order valence-electron chi connectivity index (χ4n) is 10.9. The van der Waals surface area contributed by atoms with Crippen molar-refractivity contribution in [3.05, 3.63) is 221 Å². The highest BCUT2D eigenvalue weighted by molar-refractivity contribution is 6.96. The normalized spacial score (nSPS) is 11.6. The summed E-state index contributed by atoms with van der Waals surface area (Å²) in [5, 5.41) is 7.25. The van der Waals surface area contributed by atoms with Gasteiger partial charge in [0.25, 0.3) is 0 Å². The molecule has 0 radical (unpaired) electrons. The van der Waals surface area contributed by atoms with Gasteiger partial charge >= 0.3 is 0 Å². The largest absolute Gasteiger partial charge is 0.292 e. The highest BCUT2D eigenvalue weighted by Gasteiger charge is 2.30. The molecule has 0 aliphatic carbocycles. The van der Waals surface area contributed by atoms with Crippen molar-refractivity contribution in [1.82, 2.24) is 9.55 Å². The van der Waals surface area contributed by atoms with Crippen LogP contribution < -0.4 is 16.4 Å². The third-order valence-electron chi connectivity index (χ3n) is 13.5. The molecule has 1 aromatic heterocycles. The minimum absolute atomic E-state index is 0.0764. The van der Waals surface area contributed by atoms with E-state index in [1.807, 2.05) is 0 Å². The molecule has 0 fully saturated rings. The Morgan fingerprint density at radius 3 is 1.36 bits per heavy atom. The fourth-order valence-corrected chi connectivity index (χ4v) is 10.9. The average molecular weight is 821 g/mol. The first-order chi connectivity index (χ1) is 31.2. The predicted molar refractivity (Wildman–Crippen MR) is 276 cm³/mol. The van der Waals surface area contributed by atoms with Crippen LogP contribution in [0.15, 0.2) is 188 Å². The van der Waals surface area contributed by atoms with E-state index in [1.165, 1.54) is 93.2 Å². The Labute approximate surface area is 376 Å². The first-order valence-electron chi connectivity index (χ1n) is 22.5. The van der Waals surface area contributed by atoms with Gasteiger partial charge in [-0.15, -0.1) is 0 Å². The van der Waals surface area contributed by atoms with Crippen LogP contribution in [0, 0.1) is 41.5 Å². The Morgan fingerprint density at radius 2 is 0.828 bits per heavy atom. The predicted octanol–water partition coefficient (Wildman–Crippen LogP) is 13.9. The van der Waals surface area contributed by atoms with Crippen LogP contribution in [-0.4, -0.2) is 16.3 Å². The van der Waals surface area contributed by atoms with Crippen LogP contribution in [0.1, 0.15) is 33.4 Å². The Kier molecular flexibility index (Phi) is 9.66. The molecule has 0 amide bonds. The van der Waals surface area contributed by atoms with E-state index in [0.717, 1.165) is 39.2 Å². The van der Waals surface area contributed by atoms with Crippen molar-refractivity contribution in [3.8, 4) is 39.3 Å². The molecule has 11 rings (SSSR count). The van der Waals surface area contributed by atoms with Gasteiger partial charge in [0.1, 0.15) is 5.82 Å².